The molecule has 0 spiro atoms. The fraction of sp³-hybridized carbons (Fsp3) is 0.385. The summed E-state index contributed by atoms with van der Waals surface area (Å²) in [6.45, 7) is 3.47. The van der Waals surface area contributed by atoms with E-state index < -0.39 is 11.8 Å². The SMILES string of the molecule is CCOC(=O)C(=O)c1c(Br)cc(OC)c(OC)c1C. The number of carbonyl (C=O) groups excluding carboxylic acids is 2. The number of rotatable bonds is 5. The topological polar surface area (TPSA) is 61.8 Å². The quantitative estimate of drug-likeness (QED) is 0.471. The van der Waals surface area contributed by atoms with E-state index >= 15 is 0 Å². The molecule has 1 rings (SSSR count). The van der Waals surface area contributed by atoms with E-state index in [9.17, 15) is 9.59 Å². The Morgan fingerprint density at radius 2 is 1.89 bits per heavy atom. The third-order valence-corrected chi connectivity index (χ3v) is 3.17. The Hall–Kier alpha value is -1.56. The van der Waals surface area contributed by atoms with Gasteiger partial charge in [-0.05, 0) is 35.8 Å². The van der Waals surface area contributed by atoms with Crippen LogP contribution in [0.5, 0.6) is 11.5 Å². The lowest BCUT2D eigenvalue weighted by molar-refractivity contribution is -0.137. The van der Waals surface area contributed by atoms with Gasteiger partial charge < -0.3 is 14.2 Å². The first kappa shape index (κ1) is 15.5. The summed E-state index contributed by atoms with van der Waals surface area (Å²) in [6.07, 6.45) is 0. The molecule has 0 aromatic heterocycles. The lowest BCUT2D eigenvalue weighted by Crippen LogP contribution is -2.19. The summed E-state index contributed by atoms with van der Waals surface area (Å²) in [4.78, 5) is 23.6. The lowest BCUT2D eigenvalue weighted by Gasteiger charge is -2.15. The monoisotopic (exact) mass is 330 g/mol. The number of benzene rings is 1. The van der Waals surface area contributed by atoms with Gasteiger partial charge in [0.1, 0.15) is 0 Å². The van der Waals surface area contributed by atoms with Gasteiger partial charge in [0.15, 0.2) is 11.5 Å². The second kappa shape index (κ2) is 6.56. The Balaban J connectivity index is 3.36. The van der Waals surface area contributed by atoms with E-state index in [2.05, 4.69) is 15.9 Å². The highest BCUT2D eigenvalue weighted by molar-refractivity contribution is 9.10. The van der Waals surface area contributed by atoms with Crippen molar-refractivity contribution in [1.29, 1.82) is 0 Å². The third kappa shape index (κ3) is 3.07. The molecule has 0 unspecified atom stereocenters. The van der Waals surface area contributed by atoms with Crippen molar-refractivity contribution in [2.45, 2.75) is 13.8 Å². The van der Waals surface area contributed by atoms with E-state index in [0.717, 1.165) is 0 Å². The molecule has 0 radical (unpaired) electrons. The van der Waals surface area contributed by atoms with Crippen LogP contribution >= 0.6 is 15.9 Å². The number of ether oxygens (including phenoxy) is 3. The van der Waals surface area contributed by atoms with E-state index in [4.69, 9.17) is 14.2 Å². The van der Waals surface area contributed by atoms with Gasteiger partial charge in [-0.3, -0.25) is 4.79 Å². The van der Waals surface area contributed by atoms with E-state index in [1.165, 1.54) is 14.2 Å². The number of methoxy groups -OCH3 is 2. The van der Waals surface area contributed by atoms with Gasteiger partial charge in [-0.1, -0.05) is 0 Å². The highest BCUT2D eigenvalue weighted by atomic mass is 79.9. The van der Waals surface area contributed by atoms with Crippen LogP contribution in [-0.4, -0.2) is 32.6 Å². The zero-order valence-electron chi connectivity index (χ0n) is 11.2. The van der Waals surface area contributed by atoms with Crippen molar-refractivity contribution in [1.82, 2.24) is 0 Å². The van der Waals surface area contributed by atoms with Crippen molar-refractivity contribution in [2.24, 2.45) is 0 Å². The van der Waals surface area contributed by atoms with Crippen LogP contribution in [-0.2, 0) is 9.53 Å². The maximum absolute atomic E-state index is 12.0. The van der Waals surface area contributed by atoms with Crippen LogP contribution in [0.25, 0.3) is 0 Å². The van der Waals surface area contributed by atoms with E-state index in [-0.39, 0.29) is 12.2 Å². The van der Waals surface area contributed by atoms with Crippen LogP contribution in [0.2, 0.25) is 0 Å². The summed E-state index contributed by atoms with van der Waals surface area (Å²) in [5, 5.41) is 0. The highest BCUT2D eigenvalue weighted by Gasteiger charge is 2.26. The maximum atomic E-state index is 12.0. The van der Waals surface area contributed by atoms with Crippen LogP contribution in [0.3, 0.4) is 0 Å². The second-order valence-electron chi connectivity index (χ2n) is 3.64. The number of carbonyl (C=O) groups is 2. The van der Waals surface area contributed by atoms with Crippen LogP contribution in [0.15, 0.2) is 10.5 Å². The Labute approximate surface area is 120 Å². The summed E-state index contributed by atoms with van der Waals surface area (Å²) in [5.41, 5.74) is 0.739. The molecule has 0 heterocycles. The van der Waals surface area contributed by atoms with Crippen LogP contribution < -0.4 is 9.47 Å². The van der Waals surface area contributed by atoms with Crippen LogP contribution in [0, 0.1) is 6.92 Å². The van der Waals surface area contributed by atoms with Gasteiger partial charge in [0.2, 0.25) is 0 Å². The average Bonchev–Trinajstić information content (AvgIpc) is 2.38. The third-order valence-electron chi connectivity index (χ3n) is 2.55. The summed E-state index contributed by atoms with van der Waals surface area (Å²) >= 11 is 3.26. The predicted octanol–water partition coefficient (Wildman–Crippen LogP) is 2.52. The maximum Gasteiger partial charge on any atom is 0.379 e. The normalized spacial score (nSPS) is 9.95. The molecular formula is C13H15BrO5. The molecular weight excluding hydrogens is 316 g/mol. The molecule has 5 nitrogen and oxygen atoms in total. The Kier molecular flexibility index (Phi) is 5.35. The van der Waals surface area contributed by atoms with Crippen molar-refractivity contribution in [3.05, 3.63) is 21.7 Å². The molecule has 0 saturated carbocycles. The number of halogens is 1. The number of ketones is 1. The number of hydrogen-bond acceptors (Lipinski definition) is 5. The molecule has 1 aromatic carbocycles. The Morgan fingerprint density at radius 1 is 1.26 bits per heavy atom. The number of hydrogen-bond donors (Lipinski definition) is 0. The van der Waals surface area contributed by atoms with Crippen LogP contribution in [0.1, 0.15) is 22.8 Å². The van der Waals surface area contributed by atoms with Gasteiger partial charge >= 0.3 is 5.97 Å². The molecule has 0 bridgehead atoms. The molecule has 0 aliphatic carbocycles. The van der Waals surface area contributed by atoms with E-state index in [0.29, 0.717) is 21.5 Å². The largest absolute Gasteiger partial charge is 0.493 e. The fourth-order valence-electron chi connectivity index (χ4n) is 1.71. The van der Waals surface area contributed by atoms with E-state index in [1.807, 2.05) is 0 Å². The Bertz CT molecular complexity index is 510. The van der Waals surface area contributed by atoms with E-state index in [1.54, 1.807) is 19.9 Å². The molecule has 0 aliphatic heterocycles. The van der Waals surface area contributed by atoms with Crippen molar-refractivity contribution >= 4 is 27.7 Å². The first-order valence-electron chi connectivity index (χ1n) is 5.60. The summed E-state index contributed by atoms with van der Waals surface area (Å²) in [6, 6.07) is 1.58. The smallest absolute Gasteiger partial charge is 0.379 e. The molecule has 0 atom stereocenters. The molecule has 0 amide bonds. The second-order valence-corrected chi connectivity index (χ2v) is 4.50. The van der Waals surface area contributed by atoms with Crippen LogP contribution in [0.4, 0.5) is 0 Å². The molecule has 104 valence electrons. The average molecular weight is 331 g/mol. The minimum absolute atomic E-state index is 0.147. The first-order valence-corrected chi connectivity index (χ1v) is 6.39. The first-order chi connectivity index (χ1) is 8.97. The van der Waals surface area contributed by atoms with Gasteiger partial charge in [0.05, 0.1) is 26.4 Å². The molecule has 0 N–H and O–H groups in total. The molecule has 0 saturated heterocycles. The Morgan fingerprint density at radius 3 is 2.37 bits per heavy atom. The summed E-state index contributed by atoms with van der Waals surface area (Å²) in [5.74, 6) is -0.712. The van der Waals surface area contributed by atoms with Crippen molar-refractivity contribution < 1.29 is 23.8 Å². The zero-order chi connectivity index (χ0) is 14.6. The fourth-order valence-corrected chi connectivity index (χ4v) is 2.40. The molecule has 0 aliphatic rings. The number of Topliss-reactive ketones (excluding diaryl/α,β-unsaturated/α-hetero) is 1. The number of esters is 1. The van der Waals surface area contributed by atoms with Gasteiger partial charge in [-0.2, -0.15) is 0 Å². The van der Waals surface area contributed by atoms with Crippen molar-refractivity contribution in [2.75, 3.05) is 20.8 Å². The van der Waals surface area contributed by atoms with Gasteiger partial charge in [-0.15, -0.1) is 0 Å². The van der Waals surface area contributed by atoms with Gasteiger partial charge in [0, 0.05) is 10.0 Å². The minimum atomic E-state index is -0.890. The standard InChI is InChI=1S/C13H15BrO5/c1-5-19-13(16)11(15)10-7(2)12(18-4)9(17-3)6-8(10)14/h6H,5H2,1-4H3. The lowest BCUT2D eigenvalue weighted by atomic mass is 10.0. The van der Waals surface area contributed by atoms with Crippen molar-refractivity contribution in [3.8, 4) is 11.5 Å². The minimum Gasteiger partial charge on any atom is -0.493 e. The molecule has 19 heavy (non-hydrogen) atoms. The molecule has 6 heteroatoms. The molecule has 0 fully saturated rings. The highest BCUT2D eigenvalue weighted by Crippen LogP contribution is 2.37. The summed E-state index contributed by atoms with van der Waals surface area (Å²) in [7, 11) is 2.97. The van der Waals surface area contributed by atoms with Gasteiger partial charge in [0.25, 0.3) is 5.78 Å². The zero-order valence-corrected chi connectivity index (χ0v) is 12.8. The van der Waals surface area contributed by atoms with Gasteiger partial charge in [-0.25, -0.2) is 4.79 Å². The summed E-state index contributed by atoms with van der Waals surface area (Å²) < 4.78 is 15.5. The predicted molar refractivity (Wildman–Crippen MR) is 72.9 cm³/mol. The molecule has 1 aromatic rings. The van der Waals surface area contributed by atoms with Crippen molar-refractivity contribution in [3.63, 3.8) is 0 Å².